The molecule has 0 fully saturated rings. The zero-order valence-electron chi connectivity index (χ0n) is 27.3. The molecule has 0 unspecified atom stereocenters. The Kier molecular flexibility index (Phi) is 14.2. The Morgan fingerprint density at radius 2 is 0.735 bits per heavy atom. The third-order valence-corrected chi connectivity index (χ3v) is 7.15. The van der Waals surface area contributed by atoms with Crippen LogP contribution in [0.4, 0.5) is 45.5 Å². The van der Waals surface area contributed by atoms with E-state index >= 15 is 0 Å². The van der Waals surface area contributed by atoms with Crippen molar-refractivity contribution < 1.29 is 24.1 Å². The number of non-ortho nitro benzene ring substituents is 2. The average Bonchev–Trinajstić information content (AvgIpc) is 3.12. The van der Waals surface area contributed by atoms with Crippen molar-refractivity contribution in [2.24, 2.45) is 20.5 Å². The molecule has 15 nitrogen and oxygen atoms in total. The molecule has 0 atom stereocenters. The predicted octanol–water partition coefficient (Wildman–Crippen LogP) is 7.96. The average molecular weight is 671 g/mol. The van der Waals surface area contributed by atoms with E-state index in [0.717, 1.165) is 11.4 Å². The molecule has 4 aromatic carbocycles. The molecule has 0 heterocycles. The Morgan fingerprint density at radius 1 is 0.469 bits per heavy atom. The van der Waals surface area contributed by atoms with Gasteiger partial charge in [-0.15, -0.1) is 0 Å². The highest BCUT2D eigenvalue weighted by molar-refractivity contribution is 5.54. The van der Waals surface area contributed by atoms with E-state index in [1.165, 1.54) is 24.3 Å². The highest BCUT2D eigenvalue weighted by atomic mass is 16.6. The number of nitrogens with zero attached hydrogens (tertiary/aromatic N) is 8. The van der Waals surface area contributed by atoms with Crippen molar-refractivity contribution in [1.82, 2.24) is 0 Å². The summed E-state index contributed by atoms with van der Waals surface area (Å²) in [6.07, 6.45) is 0. The first-order valence-corrected chi connectivity index (χ1v) is 15.5. The first kappa shape index (κ1) is 36.2. The molecule has 0 saturated heterocycles. The monoisotopic (exact) mass is 670 g/mol. The van der Waals surface area contributed by atoms with Crippen LogP contribution in [-0.2, 0) is 14.2 Å². The van der Waals surface area contributed by atoms with Crippen LogP contribution in [0.2, 0.25) is 0 Å². The maximum Gasteiger partial charge on any atom is 0.269 e. The molecule has 49 heavy (non-hydrogen) atoms. The minimum Gasteiger partial charge on any atom is -0.377 e. The highest BCUT2D eigenvalue weighted by Gasteiger charge is 2.06. The van der Waals surface area contributed by atoms with Gasteiger partial charge in [0.15, 0.2) is 0 Å². The third-order valence-electron chi connectivity index (χ3n) is 7.15. The highest BCUT2D eigenvalue weighted by Crippen LogP contribution is 2.25. The molecular weight excluding hydrogens is 632 g/mol. The van der Waals surface area contributed by atoms with E-state index in [2.05, 4.69) is 30.3 Å². The van der Waals surface area contributed by atoms with E-state index in [1.807, 2.05) is 62.6 Å². The Labute approximate surface area is 283 Å². The summed E-state index contributed by atoms with van der Waals surface area (Å²) < 4.78 is 17.0. The number of nitro groups is 2. The first-order valence-electron chi connectivity index (χ1n) is 15.5. The standard InChI is InChI=1S/C34H38N8O7/c1-39(31-11-3-27(4-12-31)35-37-29-7-15-33(16-8-29)41(43)44)19-21-47-23-25-49-26-24-48-22-20-40(2)32-13-5-28(6-14-32)36-38-30-9-17-34(18-10-30)42(45)46/h3-18H,19-26H2,1-2H3. The zero-order valence-corrected chi connectivity index (χ0v) is 27.3. The van der Waals surface area contributed by atoms with Crippen molar-refractivity contribution >= 4 is 45.5 Å². The summed E-state index contributed by atoms with van der Waals surface area (Å²) in [7, 11) is 3.96. The summed E-state index contributed by atoms with van der Waals surface area (Å²) in [6.45, 7) is 4.45. The van der Waals surface area contributed by atoms with Gasteiger partial charge in [0.05, 0.1) is 72.2 Å². The van der Waals surface area contributed by atoms with E-state index in [-0.39, 0.29) is 11.4 Å². The second-order valence-electron chi connectivity index (χ2n) is 10.7. The fourth-order valence-corrected chi connectivity index (χ4v) is 4.26. The van der Waals surface area contributed by atoms with Gasteiger partial charge in [0.2, 0.25) is 0 Å². The van der Waals surface area contributed by atoms with E-state index in [9.17, 15) is 20.2 Å². The van der Waals surface area contributed by atoms with Crippen molar-refractivity contribution in [2.75, 3.05) is 76.6 Å². The van der Waals surface area contributed by atoms with Crippen LogP contribution in [0.15, 0.2) is 118 Å². The summed E-state index contributed by atoms with van der Waals surface area (Å²) in [4.78, 5) is 24.8. The lowest BCUT2D eigenvalue weighted by molar-refractivity contribution is -0.385. The summed E-state index contributed by atoms with van der Waals surface area (Å²) in [5.41, 5.74) is 4.47. The number of ether oxygens (including phenoxy) is 3. The number of likely N-dealkylation sites (N-methyl/N-ethyl adjacent to an activating group) is 2. The molecule has 0 aromatic heterocycles. The van der Waals surface area contributed by atoms with Gasteiger partial charge in [-0.2, -0.15) is 20.5 Å². The number of anilines is 2. The van der Waals surface area contributed by atoms with E-state index in [1.54, 1.807) is 24.3 Å². The molecular formula is C34H38N8O7. The second kappa shape index (κ2) is 19.2. The molecule has 256 valence electrons. The molecule has 0 aliphatic carbocycles. The normalized spacial score (nSPS) is 11.3. The Morgan fingerprint density at radius 3 is 1.02 bits per heavy atom. The molecule has 0 spiro atoms. The molecule has 0 amide bonds. The molecule has 15 heteroatoms. The molecule has 0 saturated carbocycles. The van der Waals surface area contributed by atoms with Crippen LogP contribution in [0.3, 0.4) is 0 Å². The van der Waals surface area contributed by atoms with Crippen molar-refractivity contribution in [1.29, 1.82) is 0 Å². The van der Waals surface area contributed by atoms with Crippen LogP contribution in [0.5, 0.6) is 0 Å². The molecule has 4 rings (SSSR count). The van der Waals surface area contributed by atoms with Crippen LogP contribution < -0.4 is 9.80 Å². The number of hydrogen-bond acceptors (Lipinski definition) is 13. The van der Waals surface area contributed by atoms with Gasteiger partial charge < -0.3 is 24.0 Å². The van der Waals surface area contributed by atoms with Gasteiger partial charge in [-0.1, -0.05) is 0 Å². The molecule has 0 bridgehead atoms. The Balaban J connectivity index is 1.01. The lowest BCUT2D eigenvalue weighted by Gasteiger charge is -2.19. The number of rotatable bonds is 20. The largest absolute Gasteiger partial charge is 0.377 e. The smallest absolute Gasteiger partial charge is 0.269 e. The SMILES string of the molecule is CN(CCOCCOCCOCCN(C)c1ccc(N=Nc2ccc([N+](=O)[O-])cc2)cc1)c1ccc(N=Nc2ccc([N+](=O)[O-])cc2)cc1. The van der Waals surface area contributed by atoms with E-state index < -0.39 is 9.85 Å². The van der Waals surface area contributed by atoms with Gasteiger partial charge in [-0.05, 0) is 72.8 Å². The third kappa shape index (κ3) is 12.5. The molecule has 0 aliphatic rings. The molecule has 0 aliphatic heterocycles. The zero-order chi connectivity index (χ0) is 34.8. The second-order valence-corrected chi connectivity index (χ2v) is 10.7. The number of hydrogen-bond donors (Lipinski definition) is 0. The van der Waals surface area contributed by atoms with Gasteiger partial charge in [-0.25, -0.2) is 0 Å². The Hall–Kier alpha value is -5.64. The van der Waals surface area contributed by atoms with Crippen molar-refractivity contribution in [3.63, 3.8) is 0 Å². The minimum atomic E-state index is -0.453. The maximum atomic E-state index is 10.8. The van der Waals surface area contributed by atoms with Crippen molar-refractivity contribution in [2.45, 2.75) is 0 Å². The molecule has 4 aromatic rings. The predicted molar refractivity (Wildman–Crippen MR) is 186 cm³/mol. The molecule has 0 radical (unpaired) electrons. The van der Waals surface area contributed by atoms with E-state index in [4.69, 9.17) is 14.2 Å². The van der Waals surface area contributed by atoms with Gasteiger partial charge in [0.1, 0.15) is 0 Å². The van der Waals surface area contributed by atoms with Gasteiger partial charge in [0, 0.05) is 62.8 Å². The van der Waals surface area contributed by atoms with Crippen LogP contribution >= 0.6 is 0 Å². The lowest BCUT2D eigenvalue weighted by atomic mass is 10.2. The summed E-state index contributed by atoms with van der Waals surface area (Å²) >= 11 is 0. The summed E-state index contributed by atoms with van der Waals surface area (Å²) in [5, 5.41) is 38.2. The van der Waals surface area contributed by atoms with Crippen LogP contribution in [0.25, 0.3) is 0 Å². The van der Waals surface area contributed by atoms with Crippen molar-refractivity contribution in [3.8, 4) is 0 Å². The van der Waals surface area contributed by atoms with Gasteiger partial charge in [0.25, 0.3) is 11.4 Å². The number of benzene rings is 4. The first-order chi connectivity index (χ1) is 23.8. The minimum absolute atomic E-state index is 0.0114. The number of azo groups is 2. The lowest BCUT2D eigenvalue weighted by Crippen LogP contribution is -2.24. The van der Waals surface area contributed by atoms with Crippen LogP contribution in [-0.4, -0.2) is 76.7 Å². The topological polar surface area (TPSA) is 170 Å². The van der Waals surface area contributed by atoms with Crippen LogP contribution in [0, 0.1) is 20.2 Å². The van der Waals surface area contributed by atoms with E-state index in [0.29, 0.717) is 75.5 Å². The summed E-state index contributed by atoms with van der Waals surface area (Å²) in [6, 6.07) is 27.0. The van der Waals surface area contributed by atoms with Gasteiger partial charge in [-0.3, -0.25) is 20.2 Å². The Bertz CT molecular complexity index is 1540. The molecule has 0 N–H and O–H groups in total. The van der Waals surface area contributed by atoms with Crippen LogP contribution in [0.1, 0.15) is 0 Å². The summed E-state index contributed by atoms with van der Waals surface area (Å²) in [5.74, 6) is 0. The fourth-order valence-electron chi connectivity index (χ4n) is 4.26. The van der Waals surface area contributed by atoms with Crippen molar-refractivity contribution in [3.05, 3.63) is 117 Å². The quantitative estimate of drug-likeness (QED) is 0.0392. The maximum absolute atomic E-state index is 10.8. The fraction of sp³-hybridized carbons (Fsp3) is 0.294. The number of nitro benzene ring substituents is 2. The van der Waals surface area contributed by atoms with Gasteiger partial charge >= 0.3 is 0 Å².